The van der Waals surface area contributed by atoms with Crippen molar-refractivity contribution in [3.8, 4) is 5.75 Å². The number of rotatable bonds is 4. The number of hydrogen-bond acceptors (Lipinski definition) is 3. The number of carbonyl (C=O) groups excluding carboxylic acids is 1. The molecule has 0 aliphatic heterocycles. The highest BCUT2D eigenvalue weighted by molar-refractivity contribution is 6.30. The van der Waals surface area contributed by atoms with E-state index < -0.39 is 11.7 Å². The first kappa shape index (κ1) is 14.1. The maximum atomic E-state index is 13.4. The minimum absolute atomic E-state index is 0.0274. The lowest BCUT2D eigenvalue weighted by Crippen LogP contribution is -2.20. The van der Waals surface area contributed by atoms with Gasteiger partial charge in [0.25, 0.3) is 5.91 Å². The van der Waals surface area contributed by atoms with Crippen LogP contribution >= 0.6 is 11.6 Å². The van der Waals surface area contributed by atoms with Crippen LogP contribution in [0.3, 0.4) is 0 Å². The fraction of sp³-hybridized carbons (Fsp3) is 0.0714. The summed E-state index contributed by atoms with van der Waals surface area (Å²) in [6.07, 6.45) is 0. The molecule has 3 N–H and O–H groups in total. The molecule has 0 aliphatic rings. The summed E-state index contributed by atoms with van der Waals surface area (Å²) in [5, 5.41) is 3.10. The van der Waals surface area contributed by atoms with Gasteiger partial charge in [0.1, 0.15) is 0 Å². The molecule has 0 aliphatic carbocycles. The second-order valence-electron chi connectivity index (χ2n) is 4.04. The highest BCUT2D eigenvalue weighted by Crippen LogP contribution is 2.19. The van der Waals surface area contributed by atoms with Gasteiger partial charge in [-0.3, -0.25) is 4.79 Å². The van der Waals surface area contributed by atoms with Crippen LogP contribution in [0.25, 0.3) is 0 Å². The van der Waals surface area contributed by atoms with Gasteiger partial charge in [0, 0.05) is 22.5 Å². The summed E-state index contributed by atoms with van der Waals surface area (Å²) in [7, 11) is 0. The third-order valence-corrected chi connectivity index (χ3v) is 2.66. The topological polar surface area (TPSA) is 64.3 Å². The fourth-order valence-electron chi connectivity index (χ4n) is 1.54. The van der Waals surface area contributed by atoms with Gasteiger partial charge in [-0.15, -0.1) is 0 Å². The first-order valence-corrected chi connectivity index (χ1v) is 6.15. The van der Waals surface area contributed by atoms with Gasteiger partial charge in [-0.1, -0.05) is 17.7 Å². The van der Waals surface area contributed by atoms with Crippen LogP contribution in [0, 0.1) is 5.82 Å². The monoisotopic (exact) mass is 294 g/mol. The maximum absolute atomic E-state index is 13.4. The summed E-state index contributed by atoms with van der Waals surface area (Å²) in [5.74, 6) is -1.05. The van der Waals surface area contributed by atoms with Crippen molar-refractivity contribution in [2.24, 2.45) is 0 Å². The molecule has 0 radical (unpaired) electrons. The molecular weight excluding hydrogens is 283 g/mol. The van der Waals surface area contributed by atoms with Crippen molar-refractivity contribution >= 4 is 28.9 Å². The van der Waals surface area contributed by atoms with E-state index in [9.17, 15) is 9.18 Å². The molecule has 6 heteroatoms. The van der Waals surface area contributed by atoms with Crippen molar-refractivity contribution in [2.45, 2.75) is 0 Å². The number of carbonyl (C=O) groups is 1. The van der Waals surface area contributed by atoms with E-state index in [2.05, 4.69) is 5.32 Å². The zero-order valence-electron chi connectivity index (χ0n) is 10.4. The molecule has 104 valence electrons. The first-order chi connectivity index (χ1) is 9.54. The average Bonchev–Trinajstić information content (AvgIpc) is 2.37. The highest BCUT2D eigenvalue weighted by Gasteiger charge is 2.07. The fourth-order valence-corrected chi connectivity index (χ4v) is 1.73. The number of anilines is 2. The molecule has 0 saturated heterocycles. The van der Waals surface area contributed by atoms with Crippen molar-refractivity contribution < 1.29 is 13.9 Å². The van der Waals surface area contributed by atoms with Crippen molar-refractivity contribution in [3.63, 3.8) is 0 Å². The quantitative estimate of drug-likeness (QED) is 0.852. The van der Waals surface area contributed by atoms with Crippen LogP contribution < -0.4 is 15.8 Å². The van der Waals surface area contributed by atoms with Crippen LogP contribution in [0.4, 0.5) is 15.8 Å². The standard InChI is InChI=1S/C14H12ClFN2O2/c15-9-2-1-3-11(6-9)18-14(19)8-20-13-5-4-10(17)7-12(13)16/h1-7H,8,17H2,(H,18,19). The number of nitrogens with one attached hydrogen (secondary N) is 1. The summed E-state index contributed by atoms with van der Waals surface area (Å²) < 4.78 is 18.5. The number of benzene rings is 2. The molecule has 4 nitrogen and oxygen atoms in total. The van der Waals surface area contributed by atoms with Gasteiger partial charge < -0.3 is 15.8 Å². The average molecular weight is 295 g/mol. The Morgan fingerprint density at radius 1 is 1.30 bits per heavy atom. The number of amides is 1. The van der Waals surface area contributed by atoms with E-state index in [-0.39, 0.29) is 12.4 Å². The lowest BCUT2D eigenvalue weighted by molar-refractivity contribution is -0.118. The van der Waals surface area contributed by atoms with Gasteiger partial charge in [-0.2, -0.15) is 0 Å². The Labute approximate surface area is 120 Å². The van der Waals surface area contributed by atoms with E-state index >= 15 is 0 Å². The van der Waals surface area contributed by atoms with Crippen molar-refractivity contribution in [1.82, 2.24) is 0 Å². The lowest BCUT2D eigenvalue weighted by atomic mass is 10.3. The van der Waals surface area contributed by atoms with Gasteiger partial charge in [0.2, 0.25) is 0 Å². The molecule has 0 saturated carbocycles. The summed E-state index contributed by atoms with van der Waals surface area (Å²) in [5.41, 5.74) is 6.25. The van der Waals surface area contributed by atoms with Gasteiger partial charge in [0.05, 0.1) is 0 Å². The minimum Gasteiger partial charge on any atom is -0.481 e. The summed E-state index contributed by atoms with van der Waals surface area (Å²) >= 11 is 5.79. The lowest BCUT2D eigenvalue weighted by Gasteiger charge is -2.08. The molecular formula is C14H12ClFN2O2. The Hall–Kier alpha value is -2.27. The molecule has 0 fully saturated rings. The summed E-state index contributed by atoms with van der Waals surface area (Å²) in [6.45, 7) is -0.312. The summed E-state index contributed by atoms with van der Waals surface area (Å²) in [4.78, 5) is 11.6. The van der Waals surface area contributed by atoms with Crippen LogP contribution in [0.15, 0.2) is 42.5 Å². The van der Waals surface area contributed by atoms with Gasteiger partial charge in [-0.25, -0.2) is 4.39 Å². The molecule has 20 heavy (non-hydrogen) atoms. The maximum Gasteiger partial charge on any atom is 0.262 e. The van der Waals surface area contributed by atoms with E-state index in [1.807, 2.05) is 0 Å². The van der Waals surface area contributed by atoms with Gasteiger partial charge in [0.15, 0.2) is 18.2 Å². The first-order valence-electron chi connectivity index (χ1n) is 5.78. The number of halogens is 2. The predicted molar refractivity (Wildman–Crippen MR) is 76.4 cm³/mol. The predicted octanol–water partition coefficient (Wildman–Crippen LogP) is 3.08. The largest absolute Gasteiger partial charge is 0.481 e. The number of nitrogens with two attached hydrogens (primary N) is 1. The second-order valence-corrected chi connectivity index (χ2v) is 4.47. The van der Waals surface area contributed by atoms with Crippen molar-refractivity contribution in [1.29, 1.82) is 0 Å². The summed E-state index contributed by atoms with van der Waals surface area (Å²) in [6, 6.07) is 10.7. The Morgan fingerprint density at radius 2 is 2.10 bits per heavy atom. The molecule has 2 aromatic carbocycles. The molecule has 2 rings (SSSR count). The zero-order valence-corrected chi connectivity index (χ0v) is 11.2. The van der Waals surface area contributed by atoms with E-state index in [1.54, 1.807) is 24.3 Å². The van der Waals surface area contributed by atoms with Crippen LogP contribution in [0.2, 0.25) is 5.02 Å². The third kappa shape index (κ3) is 3.86. The number of nitrogen functional groups attached to an aromatic ring is 1. The van der Waals surface area contributed by atoms with E-state index in [4.69, 9.17) is 22.1 Å². The Morgan fingerprint density at radius 3 is 2.80 bits per heavy atom. The van der Waals surface area contributed by atoms with E-state index in [1.165, 1.54) is 12.1 Å². The van der Waals surface area contributed by atoms with Crippen molar-refractivity contribution in [3.05, 3.63) is 53.3 Å². The van der Waals surface area contributed by atoms with Crippen molar-refractivity contribution in [2.75, 3.05) is 17.7 Å². The molecule has 2 aromatic rings. The Bertz CT molecular complexity index is 634. The molecule has 0 spiro atoms. The van der Waals surface area contributed by atoms with Gasteiger partial charge >= 0.3 is 0 Å². The Balaban J connectivity index is 1.92. The molecule has 0 heterocycles. The molecule has 0 bridgehead atoms. The van der Waals surface area contributed by atoms with Crippen LogP contribution in [0.1, 0.15) is 0 Å². The zero-order chi connectivity index (χ0) is 14.5. The third-order valence-electron chi connectivity index (χ3n) is 2.42. The second kappa shape index (κ2) is 6.25. The van der Waals surface area contributed by atoms with E-state index in [0.29, 0.717) is 16.4 Å². The van der Waals surface area contributed by atoms with E-state index in [0.717, 1.165) is 6.07 Å². The number of hydrogen-bond donors (Lipinski definition) is 2. The molecule has 0 atom stereocenters. The van der Waals surface area contributed by atoms with Crippen LogP contribution in [0.5, 0.6) is 5.75 Å². The van der Waals surface area contributed by atoms with Crippen LogP contribution in [-0.2, 0) is 4.79 Å². The number of ether oxygens (including phenoxy) is 1. The Kier molecular flexibility index (Phi) is 4.42. The van der Waals surface area contributed by atoms with Gasteiger partial charge in [-0.05, 0) is 30.3 Å². The molecule has 1 amide bonds. The smallest absolute Gasteiger partial charge is 0.262 e. The normalized spacial score (nSPS) is 10.1. The van der Waals surface area contributed by atoms with Crippen LogP contribution in [-0.4, -0.2) is 12.5 Å². The minimum atomic E-state index is -0.611. The highest BCUT2D eigenvalue weighted by atomic mass is 35.5. The SMILES string of the molecule is Nc1ccc(OCC(=O)Nc2cccc(Cl)c2)c(F)c1. The molecule has 0 unspecified atom stereocenters. The molecule has 0 aromatic heterocycles.